The van der Waals surface area contributed by atoms with Crippen LogP contribution < -0.4 is 4.74 Å². The fourth-order valence-electron chi connectivity index (χ4n) is 1.80. The minimum Gasteiger partial charge on any atom is -0.491 e. The number of nitriles is 1. The Labute approximate surface area is 121 Å². The van der Waals surface area contributed by atoms with Crippen LogP contribution in [-0.4, -0.2) is 42.9 Å². The van der Waals surface area contributed by atoms with Gasteiger partial charge in [-0.2, -0.15) is 5.26 Å². The van der Waals surface area contributed by atoms with Crippen molar-refractivity contribution in [2.75, 3.05) is 26.7 Å². The topological polar surface area (TPSA) is 56.5 Å². The molecule has 0 aromatic heterocycles. The van der Waals surface area contributed by atoms with E-state index in [0.717, 1.165) is 13.0 Å². The molecule has 1 unspecified atom stereocenters. The number of nitrogens with zero attached hydrogens (tertiary/aromatic N) is 2. The van der Waals surface area contributed by atoms with Gasteiger partial charge in [-0.3, -0.25) is 0 Å². The molecule has 110 valence electrons. The van der Waals surface area contributed by atoms with Crippen molar-refractivity contribution in [3.05, 3.63) is 29.8 Å². The summed E-state index contributed by atoms with van der Waals surface area (Å²) in [5, 5.41) is 18.6. The third kappa shape index (κ3) is 6.55. The van der Waals surface area contributed by atoms with Crippen molar-refractivity contribution in [1.29, 1.82) is 5.26 Å². The van der Waals surface area contributed by atoms with Crippen molar-refractivity contribution in [1.82, 2.24) is 4.90 Å². The summed E-state index contributed by atoms with van der Waals surface area (Å²) in [6.07, 6.45) is 0.613. The lowest BCUT2D eigenvalue weighted by molar-refractivity contribution is 0.0751. The number of rotatable bonds is 8. The summed E-state index contributed by atoms with van der Waals surface area (Å²) >= 11 is 0. The molecule has 0 saturated carbocycles. The zero-order valence-electron chi connectivity index (χ0n) is 12.5. The Bertz CT molecular complexity index is 423. The summed E-state index contributed by atoms with van der Waals surface area (Å²) in [6.45, 7) is 6.23. The molecule has 0 aliphatic heterocycles. The molecular formula is C16H24N2O2. The minimum atomic E-state index is -0.511. The van der Waals surface area contributed by atoms with Crippen LogP contribution in [0.15, 0.2) is 24.3 Å². The van der Waals surface area contributed by atoms with Crippen molar-refractivity contribution < 1.29 is 9.84 Å². The molecule has 0 aliphatic rings. The van der Waals surface area contributed by atoms with Gasteiger partial charge in [0.15, 0.2) is 0 Å². The van der Waals surface area contributed by atoms with Gasteiger partial charge in [-0.15, -0.1) is 0 Å². The monoisotopic (exact) mass is 276 g/mol. The van der Waals surface area contributed by atoms with E-state index in [2.05, 4.69) is 24.8 Å². The first-order valence-electron chi connectivity index (χ1n) is 7.01. The van der Waals surface area contributed by atoms with Crippen molar-refractivity contribution in [2.24, 2.45) is 5.92 Å². The van der Waals surface area contributed by atoms with Gasteiger partial charge >= 0.3 is 0 Å². The highest BCUT2D eigenvalue weighted by molar-refractivity contribution is 5.34. The van der Waals surface area contributed by atoms with Gasteiger partial charge in [-0.1, -0.05) is 13.8 Å². The summed E-state index contributed by atoms with van der Waals surface area (Å²) in [5.74, 6) is 1.34. The maximum atomic E-state index is 9.93. The van der Waals surface area contributed by atoms with E-state index in [0.29, 0.717) is 23.8 Å². The molecule has 0 radical (unpaired) electrons. The smallest absolute Gasteiger partial charge is 0.119 e. The molecule has 1 aromatic carbocycles. The Balaban J connectivity index is 2.28. The minimum absolute atomic E-state index is 0.262. The number of aliphatic hydroxyl groups excluding tert-OH is 1. The van der Waals surface area contributed by atoms with Gasteiger partial charge in [0.25, 0.3) is 0 Å². The summed E-state index contributed by atoms with van der Waals surface area (Å²) in [7, 11) is 2.01. The van der Waals surface area contributed by atoms with Gasteiger partial charge in [-0.05, 0) is 50.2 Å². The second kappa shape index (κ2) is 8.57. The van der Waals surface area contributed by atoms with Gasteiger partial charge in [-0.25, -0.2) is 0 Å². The summed E-state index contributed by atoms with van der Waals surface area (Å²) in [6, 6.07) is 8.95. The second-order valence-corrected chi connectivity index (χ2v) is 5.55. The number of benzene rings is 1. The normalized spacial score (nSPS) is 12.4. The third-order valence-corrected chi connectivity index (χ3v) is 3.04. The van der Waals surface area contributed by atoms with Crippen molar-refractivity contribution in [2.45, 2.75) is 26.4 Å². The van der Waals surface area contributed by atoms with E-state index in [9.17, 15) is 5.11 Å². The second-order valence-electron chi connectivity index (χ2n) is 5.55. The first-order chi connectivity index (χ1) is 9.51. The predicted molar refractivity (Wildman–Crippen MR) is 79.6 cm³/mol. The van der Waals surface area contributed by atoms with Crippen LogP contribution >= 0.6 is 0 Å². The van der Waals surface area contributed by atoms with E-state index in [1.54, 1.807) is 24.3 Å². The van der Waals surface area contributed by atoms with E-state index in [1.165, 1.54) is 0 Å². The fraction of sp³-hybridized carbons (Fsp3) is 0.562. The van der Waals surface area contributed by atoms with Crippen LogP contribution in [0.25, 0.3) is 0 Å². The lowest BCUT2D eigenvalue weighted by atomic mass is 10.1. The first-order valence-corrected chi connectivity index (χ1v) is 7.01. The molecule has 0 aliphatic carbocycles. The van der Waals surface area contributed by atoms with E-state index in [1.807, 2.05) is 7.05 Å². The molecule has 1 rings (SSSR count). The lowest BCUT2D eigenvalue weighted by Crippen LogP contribution is -2.34. The van der Waals surface area contributed by atoms with Crippen LogP contribution in [0.4, 0.5) is 0 Å². The molecule has 0 amide bonds. The molecule has 4 heteroatoms. The average Bonchev–Trinajstić information content (AvgIpc) is 2.43. The molecule has 20 heavy (non-hydrogen) atoms. The van der Waals surface area contributed by atoms with Crippen LogP contribution in [0.3, 0.4) is 0 Å². The van der Waals surface area contributed by atoms with E-state index in [4.69, 9.17) is 10.00 Å². The van der Waals surface area contributed by atoms with Gasteiger partial charge < -0.3 is 14.7 Å². The number of hydrogen-bond donors (Lipinski definition) is 1. The van der Waals surface area contributed by atoms with Gasteiger partial charge in [0.2, 0.25) is 0 Å². The number of likely N-dealkylation sites (N-methyl/N-ethyl adjacent to an activating group) is 1. The lowest BCUT2D eigenvalue weighted by Gasteiger charge is -2.21. The molecule has 0 spiro atoms. The van der Waals surface area contributed by atoms with Gasteiger partial charge in [0, 0.05) is 6.54 Å². The zero-order chi connectivity index (χ0) is 15.0. The van der Waals surface area contributed by atoms with Crippen molar-refractivity contribution >= 4 is 0 Å². The molecule has 0 heterocycles. The molecule has 1 atom stereocenters. The van der Waals surface area contributed by atoms with Crippen LogP contribution in [0.5, 0.6) is 5.75 Å². The van der Waals surface area contributed by atoms with E-state index >= 15 is 0 Å². The maximum absolute atomic E-state index is 9.93. The van der Waals surface area contributed by atoms with Gasteiger partial charge in [0.05, 0.1) is 11.6 Å². The molecule has 0 saturated heterocycles. The van der Waals surface area contributed by atoms with Crippen LogP contribution in [0.1, 0.15) is 25.8 Å². The van der Waals surface area contributed by atoms with Crippen LogP contribution in [-0.2, 0) is 0 Å². The van der Waals surface area contributed by atoms with Gasteiger partial charge in [0.1, 0.15) is 18.5 Å². The Morgan fingerprint density at radius 3 is 2.50 bits per heavy atom. The standard InChI is InChI=1S/C16H24N2O2/c1-13(2)8-9-18(3)11-15(19)12-20-16-6-4-14(10-17)5-7-16/h4-7,13,15,19H,8-9,11-12H2,1-3H3. The number of hydrogen-bond acceptors (Lipinski definition) is 4. The Morgan fingerprint density at radius 2 is 1.95 bits per heavy atom. The molecule has 1 aromatic rings. The van der Waals surface area contributed by atoms with Crippen molar-refractivity contribution in [3.8, 4) is 11.8 Å². The predicted octanol–water partition coefficient (Wildman–Crippen LogP) is 2.28. The Hall–Kier alpha value is -1.57. The summed E-state index contributed by atoms with van der Waals surface area (Å²) in [4.78, 5) is 2.12. The average molecular weight is 276 g/mol. The maximum Gasteiger partial charge on any atom is 0.119 e. The molecule has 1 N–H and O–H groups in total. The Kier molecular flexibility index (Phi) is 7.06. The van der Waals surface area contributed by atoms with Crippen LogP contribution in [0, 0.1) is 17.2 Å². The highest BCUT2D eigenvalue weighted by Gasteiger charge is 2.09. The Morgan fingerprint density at radius 1 is 1.30 bits per heavy atom. The van der Waals surface area contributed by atoms with E-state index in [-0.39, 0.29) is 6.61 Å². The molecular weight excluding hydrogens is 252 g/mol. The SMILES string of the molecule is CC(C)CCN(C)CC(O)COc1ccc(C#N)cc1. The number of ether oxygens (including phenoxy) is 1. The largest absolute Gasteiger partial charge is 0.491 e. The summed E-state index contributed by atoms with van der Waals surface area (Å²) in [5.41, 5.74) is 0.603. The summed E-state index contributed by atoms with van der Waals surface area (Å²) < 4.78 is 5.51. The number of aliphatic hydroxyl groups is 1. The highest BCUT2D eigenvalue weighted by Crippen LogP contribution is 2.12. The molecule has 0 bridgehead atoms. The van der Waals surface area contributed by atoms with Crippen molar-refractivity contribution in [3.63, 3.8) is 0 Å². The first kappa shape index (κ1) is 16.5. The quantitative estimate of drug-likeness (QED) is 0.791. The van der Waals surface area contributed by atoms with E-state index < -0.39 is 6.10 Å². The fourth-order valence-corrected chi connectivity index (χ4v) is 1.80. The van der Waals surface area contributed by atoms with Crippen LogP contribution in [0.2, 0.25) is 0 Å². The zero-order valence-corrected chi connectivity index (χ0v) is 12.5. The molecule has 0 fully saturated rings. The molecule has 4 nitrogen and oxygen atoms in total. The highest BCUT2D eigenvalue weighted by atomic mass is 16.5. The third-order valence-electron chi connectivity index (χ3n) is 3.04.